The fraction of sp³-hybridized carbons (Fsp3) is 0.513. The third-order valence-corrected chi connectivity index (χ3v) is 12.5. The largest absolute Gasteiger partial charge is 0.444 e. The van der Waals surface area contributed by atoms with Crippen molar-refractivity contribution in [3.8, 4) is 0 Å². The van der Waals surface area contributed by atoms with Crippen LogP contribution in [-0.4, -0.2) is 95.8 Å². The van der Waals surface area contributed by atoms with Gasteiger partial charge < -0.3 is 25.2 Å². The van der Waals surface area contributed by atoms with Crippen LogP contribution in [0.15, 0.2) is 53.4 Å². The van der Waals surface area contributed by atoms with Crippen molar-refractivity contribution in [3.63, 3.8) is 0 Å². The van der Waals surface area contributed by atoms with E-state index in [1.807, 2.05) is 20.8 Å². The van der Waals surface area contributed by atoms with Gasteiger partial charge in [-0.25, -0.2) is 35.9 Å². The lowest BCUT2D eigenvalue weighted by atomic mass is 10.0. The highest BCUT2D eigenvalue weighted by Gasteiger charge is 2.62. The summed E-state index contributed by atoms with van der Waals surface area (Å²) in [6.45, 7) is 5.21. The molecule has 1 saturated heterocycles. The van der Waals surface area contributed by atoms with Gasteiger partial charge in [0.1, 0.15) is 41.2 Å². The molecule has 0 spiro atoms. The molecule has 2 fully saturated rings. The number of urea groups is 1. The Morgan fingerprint density at radius 3 is 2.35 bits per heavy atom. The lowest BCUT2D eigenvalue weighted by molar-refractivity contribution is -0.141. The first-order valence-corrected chi connectivity index (χ1v) is 20.4. The molecule has 308 valence electrons. The van der Waals surface area contributed by atoms with E-state index in [0.717, 1.165) is 18.2 Å². The Kier molecular flexibility index (Phi) is 11.7. The minimum Gasteiger partial charge on any atom is -0.444 e. The first kappa shape index (κ1) is 41.5. The first-order chi connectivity index (χ1) is 26.8. The van der Waals surface area contributed by atoms with E-state index in [-0.39, 0.29) is 38.9 Å². The smallest absolute Gasteiger partial charge is 0.410 e. The predicted octanol–water partition coefficient (Wildman–Crippen LogP) is 4.23. The van der Waals surface area contributed by atoms with Gasteiger partial charge in [-0.05, 0) is 70.2 Å². The van der Waals surface area contributed by atoms with Crippen molar-refractivity contribution in [3.05, 3.63) is 77.1 Å². The minimum absolute atomic E-state index is 0.0538. The van der Waals surface area contributed by atoms with E-state index in [2.05, 4.69) is 10.6 Å². The van der Waals surface area contributed by atoms with Crippen LogP contribution in [-0.2, 0) is 42.2 Å². The van der Waals surface area contributed by atoms with Crippen LogP contribution in [0.5, 0.6) is 0 Å². The van der Waals surface area contributed by atoms with Crippen molar-refractivity contribution in [1.29, 1.82) is 0 Å². The molecule has 6 rings (SSSR count). The summed E-state index contributed by atoms with van der Waals surface area (Å²) < 4.78 is 77.4. The van der Waals surface area contributed by atoms with Crippen molar-refractivity contribution in [1.82, 2.24) is 30.1 Å². The molecule has 14 nitrogen and oxygen atoms in total. The average molecular weight is 817 g/mol. The highest BCUT2D eigenvalue weighted by molar-refractivity contribution is 7.90. The molecule has 0 aromatic heterocycles. The first-order valence-electron chi connectivity index (χ1n) is 18.9. The molecule has 0 radical (unpaired) electrons. The predicted molar refractivity (Wildman–Crippen MR) is 199 cm³/mol. The number of carbonyl (C=O) groups excluding carboxylic acids is 5. The number of hydrogen-bond donors (Lipinski definition) is 3. The minimum atomic E-state index is -5.10. The second-order valence-electron chi connectivity index (χ2n) is 16.0. The van der Waals surface area contributed by atoms with E-state index >= 15 is 0 Å². The zero-order valence-electron chi connectivity index (χ0n) is 32.1. The summed E-state index contributed by atoms with van der Waals surface area (Å²) in [6.07, 6.45) is 3.91. The summed E-state index contributed by atoms with van der Waals surface area (Å²) in [5, 5.41) is 5.45. The number of fused-ring (bicyclic) bond motifs is 3. The summed E-state index contributed by atoms with van der Waals surface area (Å²) in [7, 11) is -3.52. The molecule has 3 aliphatic heterocycles. The Balaban J connectivity index is 1.29. The van der Waals surface area contributed by atoms with Gasteiger partial charge in [-0.2, -0.15) is 0 Å². The standard InChI is InChI=1S/C39H47F3N6O8S/c1-38(2,3)46(4)36(52)43-30-17-9-7-5-6-8-13-24-19-39(24,35(51)45-57(54,55)32-28(41)15-11-16-29(32)42)44-33(49)31-18-25(21-48(31)34(30)50)56-37(53)47-20-23-12-10-14-27(40)26(23)22-47/h8,10-16,24-25,30-31H,5-7,9,17-22H2,1-4H3,(H,43,52)(H,44,49)(H,45,51)/b13-8-/t24-,25-,30+,31+,39-/m1/s1. The van der Waals surface area contributed by atoms with Crippen LogP contribution in [0.25, 0.3) is 0 Å². The number of halogens is 3. The molecule has 3 heterocycles. The number of hydrogen-bond acceptors (Lipinski definition) is 8. The molecule has 2 aromatic rings. The molecule has 18 heteroatoms. The second kappa shape index (κ2) is 16.0. The number of nitrogens with one attached hydrogen (secondary N) is 3. The molecule has 0 unspecified atom stereocenters. The maximum absolute atomic E-state index is 14.5. The van der Waals surface area contributed by atoms with Crippen LogP contribution in [0.3, 0.4) is 0 Å². The molecule has 0 bridgehead atoms. The van der Waals surface area contributed by atoms with Crippen molar-refractivity contribution in [2.75, 3.05) is 13.6 Å². The molecule has 2 aromatic carbocycles. The third-order valence-electron chi connectivity index (χ3n) is 11.1. The summed E-state index contributed by atoms with van der Waals surface area (Å²) in [4.78, 5) is 72.0. The lowest BCUT2D eigenvalue weighted by Gasteiger charge is -2.35. The Morgan fingerprint density at radius 2 is 1.67 bits per heavy atom. The van der Waals surface area contributed by atoms with Gasteiger partial charge in [-0.15, -0.1) is 0 Å². The summed E-state index contributed by atoms with van der Waals surface area (Å²) in [6, 6.07) is 3.92. The molecule has 5 atom stereocenters. The lowest BCUT2D eigenvalue weighted by Crippen LogP contribution is -2.59. The molecule has 6 amide bonds. The number of sulfonamides is 1. The van der Waals surface area contributed by atoms with Crippen LogP contribution in [0.4, 0.5) is 22.8 Å². The number of nitrogens with zero attached hydrogens (tertiary/aromatic N) is 3. The van der Waals surface area contributed by atoms with Gasteiger partial charge in [0.15, 0.2) is 4.90 Å². The summed E-state index contributed by atoms with van der Waals surface area (Å²) in [5.41, 5.74) is -1.54. The molecule has 4 aliphatic rings. The highest BCUT2D eigenvalue weighted by Crippen LogP contribution is 2.46. The second-order valence-corrected chi connectivity index (χ2v) is 17.7. The maximum atomic E-state index is 14.5. The highest BCUT2D eigenvalue weighted by atomic mass is 32.2. The fourth-order valence-electron chi connectivity index (χ4n) is 7.45. The van der Waals surface area contributed by atoms with Gasteiger partial charge in [0, 0.05) is 37.0 Å². The topological polar surface area (TPSA) is 175 Å². The van der Waals surface area contributed by atoms with Gasteiger partial charge in [0.2, 0.25) is 11.8 Å². The van der Waals surface area contributed by atoms with Gasteiger partial charge in [0.25, 0.3) is 15.9 Å². The fourth-order valence-corrected chi connectivity index (χ4v) is 8.62. The van der Waals surface area contributed by atoms with Gasteiger partial charge in [-0.1, -0.05) is 43.2 Å². The number of benzene rings is 2. The van der Waals surface area contributed by atoms with Gasteiger partial charge >= 0.3 is 12.1 Å². The normalized spacial score (nSPS) is 25.8. The number of allylic oxidation sites excluding steroid dienone is 1. The molecule has 57 heavy (non-hydrogen) atoms. The summed E-state index contributed by atoms with van der Waals surface area (Å²) in [5.74, 6) is -6.81. The molecular weight excluding hydrogens is 770 g/mol. The van der Waals surface area contributed by atoms with E-state index in [4.69, 9.17) is 4.74 Å². The quantitative estimate of drug-likeness (QED) is 0.376. The Labute approximate surface area is 329 Å². The number of amides is 6. The number of rotatable bonds is 5. The van der Waals surface area contributed by atoms with Crippen molar-refractivity contribution >= 4 is 39.9 Å². The third kappa shape index (κ3) is 8.74. The van der Waals surface area contributed by atoms with Gasteiger partial charge in [0.05, 0.1) is 13.1 Å². The van der Waals surface area contributed by atoms with Crippen LogP contribution >= 0.6 is 0 Å². The zero-order chi connectivity index (χ0) is 41.4. The van der Waals surface area contributed by atoms with Crippen LogP contribution < -0.4 is 15.4 Å². The average Bonchev–Trinajstić information content (AvgIpc) is 3.42. The van der Waals surface area contributed by atoms with Crippen LogP contribution in [0, 0.1) is 23.4 Å². The maximum Gasteiger partial charge on any atom is 0.410 e. The molecule has 3 N–H and O–H groups in total. The van der Waals surface area contributed by atoms with E-state index in [1.165, 1.54) is 26.8 Å². The number of ether oxygens (including phenoxy) is 1. The Bertz CT molecular complexity index is 2070. The van der Waals surface area contributed by atoms with E-state index in [1.54, 1.807) is 30.0 Å². The molecule has 1 aliphatic carbocycles. The monoisotopic (exact) mass is 816 g/mol. The van der Waals surface area contributed by atoms with Crippen molar-refractivity contribution in [2.24, 2.45) is 5.92 Å². The van der Waals surface area contributed by atoms with E-state index < -0.39 is 97.4 Å². The zero-order valence-corrected chi connectivity index (χ0v) is 33.0. The van der Waals surface area contributed by atoms with Crippen molar-refractivity contribution < 1.29 is 50.3 Å². The Hall–Kier alpha value is -5.13. The van der Waals surface area contributed by atoms with E-state index in [9.17, 15) is 45.6 Å². The molecule has 1 saturated carbocycles. The summed E-state index contributed by atoms with van der Waals surface area (Å²) >= 11 is 0. The van der Waals surface area contributed by atoms with Crippen LogP contribution in [0.2, 0.25) is 0 Å². The van der Waals surface area contributed by atoms with Gasteiger partial charge in [-0.3, -0.25) is 19.3 Å². The Morgan fingerprint density at radius 1 is 0.982 bits per heavy atom. The van der Waals surface area contributed by atoms with Crippen molar-refractivity contribution in [2.45, 2.75) is 113 Å². The molecular formula is C39H47F3N6O8S. The van der Waals surface area contributed by atoms with Crippen LogP contribution in [0.1, 0.15) is 76.8 Å². The number of carbonyl (C=O) groups is 5. The van der Waals surface area contributed by atoms with E-state index in [0.29, 0.717) is 36.8 Å². The SMILES string of the molecule is CN(C(=O)N[C@H]1CCCCC/C=C\[C@@H]2C[C@@]2(C(=O)NS(=O)(=O)c2c(F)cccc2F)NC(=O)[C@@H]2C[C@@H](OC(=O)N3Cc4cccc(F)c4C3)CN2C1=O)C(C)(C)C.